The Bertz CT molecular complexity index is 381. The zero-order valence-electron chi connectivity index (χ0n) is 10.4. The molecule has 0 heterocycles. The van der Waals surface area contributed by atoms with E-state index in [-0.39, 0.29) is 0 Å². The summed E-state index contributed by atoms with van der Waals surface area (Å²) in [5.41, 5.74) is 0. The molecule has 0 aliphatic carbocycles. The maximum absolute atomic E-state index is 6.45. The summed E-state index contributed by atoms with van der Waals surface area (Å²) < 4.78 is 5.42. The van der Waals surface area contributed by atoms with Crippen molar-refractivity contribution in [2.24, 2.45) is 0 Å². The minimum absolute atomic E-state index is 0.880. The number of ether oxygens (including phenoxy) is 1. The van der Waals surface area contributed by atoms with Crippen LogP contribution in [0.2, 0.25) is 26.2 Å². The van der Waals surface area contributed by atoms with Crippen LogP contribution in [0, 0.1) is 0 Å². The van der Waals surface area contributed by atoms with Crippen molar-refractivity contribution in [3.8, 4) is 5.75 Å². The van der Waals surface area contributed by atoms with Crippen LogP contribution in [-0.2, 0) is 0 Å². The Morgan fingerprint density at radius 1 is 1.00 bits per heavy atom. The maximum atomic E-state index is 6.45. The first-order valence-electron chi connectivity index (χ1n) is 5.23. The Balaban J connectivity index is 3.28. The Hall–Kier alpha value is 0.0338. The summed E-state index contributed by atoms with van der Waals surface area (Å²) >= 11 is 12.9. The van der Waals surface area contributed by atoms with Crippen molar-refractivity contribution in [2.45, 2.75) is 26.2 Å². The van der Waals surface area contributed by atoms with E-state index in [1.54, 1.807) is 7.11 Å². The van der Waals surface area contributed by atoms with Gasteiger partial charge in [0.15, 0.2) is 14.8 Å². The summed E-state index contributed by atoms with van der Waals surface area (Å²) in [7, 11) is -1.98. The minimum atomic E-state index is -1.86. The van der Waals surface area contributed by atoms with Crippen LogP contribution in [0.5, 0.6) is 5.75 Å². The van der Waals surface area contributed by atoms with Gasteiger partial charge in [0.25, 0.3) is 0 Å². The van der Waals surface area contributed by atoms with Gasteiger partial charge in [-0.25, -0.2) is 0 Å². The van der Waals surface area contributed by atoms with Gasteiger partial charge < -0.3 is 4.74 Å². The molecule has 0 amide bonds. The predicted octanol–water partition coefficient (Wildman–Crippen LogP) is 3.00. The van der Waals surface area contributed by atoms with Gasteiger partial charge in [-0.1, -0.05) is 38.3 Å². The van der Waals surface area contributed by atoms with Crippen molar-refractivity contribution < 1.29 is 4.74 Å². The lowest BCUT2D eigenvalue weighted by Crippen LogP contribution is -2.40. The van der Waals surface area contributed by atoms with Crippen molar-refractivity contribution in [1.29, 1.82) is 0 Å². The average molecular weight is 293 g/mol. The quantitative estimate of drug-likeness (QED) is 0.615. The molecule has 1 aromatic rings. The van der Waals surface area contributed by atoms with Gasteiger partial charge in [0, 0.05) is 0 Å². The van der Waals surface area contributed by atoms with E-state index in [2.05, 4.69) is 38.3 Å². The SMILES string of the molecule is COc1cc([Si](C)(C)Cl)ccc1[Si](C)(C)Cl. The lowest BCUT2D eigenvalue weighted by molar-refractivity contribution is 0.418. The smallest absolute Gasteiger partial charge is 0.185 e. The van der Waals surface area contributed by atoms with Crippen LogP contribution in [0.15, 0.2) is 18.2 Å². The van der Waals surface area contributed by atoms with Gasteiger partial charge in [-0.3, -0.25) is 0 Å². The normalized spacial score (nSPS) is 12.7. The molecule has 0 saturated carbocycles. The molecule has 16 heavy (non-hydrogen) atoms. The summed E-state index contributed by atoms with van der Waals surface area (Å²) in [5, 5.41) is 2.32. The Labute approximate surface area is 109 Å². The monoisotopic (exact) mass is 292 g/mol. The van der Waals surface area contributed by atoms with E-state index in [1.807, 2.05) is 6.07 Å². The van der Waals surface area contributed by atoms with Crippen molar-refractivity contribution in [2.75, 3.05) is 7.11 Å². The van der Waals surface area contributed by atoms with E-state index in [0.717, 1.165) is 10.9 Å². The number of halogens is 2. The number of hydrogen-bond acceptors (Lipinski definition) is 1. The van der Waals surface area contributed by atoms with Crippen LogP contribution >= 0.6 is 22.2 Å². The third-order valence-corrected chi connectivity index (χ3v) is 7.17. The number of rotatable bonds is 3. The molecule has 0 aliphatic rings. The highest BCUT2D eigenvalue weighted by Gasteiger charge is 2.27. The second-order valence-electron chi connectivity index (χ2n) is 4.86. The van der Waals surface area contributed by atoms with Crippen LogP contribution in [0.25, 0.3) is 0 Å². The highest BCUT2D eigenvalue weighted by Crippen LogP contribution is 2.18. The maximum Gasteiger partial charge on any atom is 0.185 e. The first-order chi connectivity index (χ1) is 7.16. The van der Waals surface area contributed by atoms with Crippen LogP contribution in [0.3, 0.4) is 0 Å². The molecule has 0 aromatic heterocycles. The van der Waals surface area contributed by atoms with Crippen molar-refractivity contribution in [3.05, 3.63) is 18.2 Å². The minimum Gasteiger partial charge on any atom is -0.497 e. The molecule has 1 aromatic carbocycles. The molecule has 0 aliphatic heterocycles. The molecular weight excluding hydrogens is 275 g/mol. The summed E-state index contributed by atoms with van der Waals surface area (Å²) in [6, 6.07) is 6.21. The second kappa shape index (κ2) is 4.72. The van der Waals surface area contributed by atoms with Crippen LogP contribution in [-0.4, -0.2) is 21.9 Å². The van der Waals surface area contributed by atoms with Crippen LogP contribution < -0.4 is 15.1 Å². The molecule has 0 bridgehead atoms. The largest absolute Gasteiger partial charge is 0.497 e. The van der Waals surface area contributed by atoms with Gasteiger partial charge in [0.2, 0.25) is 0 Å². The van der Waals surface area contributed by atoms with Gasteiger partial charge in [0.05, 0.1) is 7.11 Å². The fourth-order valence-electron chi connectivity index (χ4n) is 1.55. The number of benzene rings is 1. The molecule has 90 valence electrons. The first kappa shape index (κ1) is 14.1. The van der Waals surface area contributed by atoms with E-state index in [1.165, 1.54) is 5.19 Å². The summed E-state index contributed by atoms with van der Waals surface area (Å²) in [6.45, 7) is 8.39. The molecular formula is C11H18Cl2OSi2. The number of hydrogen-bond donors (Lipinski definition) is 0. The van der Waals surface area contributed by atoms with E-state index in [9.17, 15) is 0 Å². The zero-order chi connectivity index (χ0) is 12.6. The molecule has 1 nitrogen and oxygen atoms in total. The van der Waals surface area contributed by atoms with Gasteiger partial charge >= 0.3 is 0 Å². The Kier molecular flexibility index (Phi) is 4.16. The molecule has 0 unspecified atom stereocenters. The Morgan fingerprint density at radius 3 is 1.94 bits per heavy atom. The van der Waals surface area contributed by atoms with Crippen LogP contribution in [0.4, 0.5) is 0 Å². The standard InChI is InChI=1S/C11H18Cl2OSi2/c1-14-10-8-9(15(2,3)12)6-7-11(10)16(4,5)13/h6-8H,1-5H3. The van der Waals surface area contributed by atoms with E-state index < -0.39 is 14.8 Å². The van der Waals surface area contributed by atoms with E-state index >= 15 is 0 Å². The average Bonchev–Trinajstić information content (AvgIpc) is 2.14. The zero-order valence-corrected chi connectivity index (χ0v) is 13.9. The first-order valence-corrected chi connectivity index (χ1v) is 13.3. The van der Waals surface area contributed by atoms with E-state index in [4.69, 9.17) is 26.9 Å². The number of methoxy groups -OCH3 is 1. The molecule has 0 spiro atoms. The van der Waals surface area contributed by atoms with Crippen LogP contribution in [0.1, 0.15) is 0 Å². The lowest BCUT2D eigenvalue weighted by Gasteiger charge is -2.21. The summed E-state index contributed by atoms with van der Waals surface area (Å²) in [5.74, 6) is 0.880. The van der Waals surface area contributed by atoms with Crippen molar-refractivity contribution >= 4 is 47.3 Å². The van der Waals surface area contributed by atoms with Gasteiger partial charge in [-0.05, 0) is 16.4 Å². The topological polar surface area (TPSA) is 9.23 Å². The van der Waals surface area contributed by atoms with Gasteiger partial charge in [0.1, 0.15) is 5.75 Å². The van der Waals surface area contributed by atoms with Gasteiger partial charge in [-0.15, -0.1) is 0 Å². The predicted molar refractivity (Wildman–Crippen MR) is 78.9 cm³/mol. The fourth-order valence-corrected chi connectivity index (χ4v) is 4.57. The summed E-state index contributed by atoms with van der Waals surface area (Å²) in [6.07, 6.45) is 0. The van der Waals surface area contributed by atoms with Crippen molar-refractivity contribution in [3.63, 3.8) is 0 Å². The molecule has 0 fully saturated rings. The van der Waals surface area contributed by atoms with E-state index in [0.29, 0.717) is 0 Å². The molecule has 0 atom stereocenters. The highest BCUT2D eigenvalue weighted by molar-refractivity contribution is 7.27. The molecule has 0 radical (unpaired) electrons. The third kappa shape index (κ3) is 3.26. The molecule has 0 saturated heterocycles. The second-order valence-corrected chi connectivity index (χ2v) is 17.5. The Morgan fingerprint density at radius 2 is 1.56 bits per heavy atom. The van der Waals surface area contributed by atoms with Crippen molar-refractivity contribution in [1.82, 2.24) is 0 Å². The molecule has 5 heteroatoms. The third-order valence-electron chi connectivity index (χ3n) is 2.53. The highest BCUT2D eigenvalue weighted by atomic mass is 35.6. The molecule has 0 N–H and O–H groups in total. The fraction of sp³-hybridized carbons (Fsp3) is 0.455. The summed E-state index contributed by atoms with van der Waals surface area (Å²) in [4.78, 5) is 0. The lowest BCUT2D eigenvalue weighted by atomic mass is 10.3. The van der Waals surface area contributed by atoms with Gasteiger partial charge in [-0.2, -0.15) is 22.2 Å². The molecule has 1 rings (SSSR count).